The number of aliphatic hydroxyl groups is 1. The molecule has 5 N–H and O–H groups in total. The van der Waals surface area contributed by atoms with Gasteiger partial charge >= 0.3 is 0 Å². The summed E-state index contributed by atoms with van der Waals surface area (Å²) < 4.78 is 5.66. The van der Waals surface area contributed by atoms with Crippen molar-refractivity contribution < 1.29 is 24.2 Å². The third kappa shape index (κ3) is 6.84. The zero-order valence-electron chi connectivity index (χ0n) is 20.6. The van der Waals surface area contributed by atoms with E-state index in [0.29, 0.717) is 11.4 Å². The Balaban J connectivity index is 1.45. The first-order valence-corrected chi connectivity index (χ1v) is 12.4. The molecule has 37 heavy (non-hydrogen) atoms. The number of ether oxygens (including phenoxy) is 1. The highest BCUT2D eigenvalue weighted by Gasteiger charge is 2.26. The van der Waals surface area contributed by atoms with Gasteiger partial charge in [-0.1, -0.05) is 54.6 Å². The largest absolute Gasteiger partial charge is 0.491 e. The third-order valence-corrected chi connectivity index (χ3v) is 6.28. The Kier molecular flexibility index (Phi) is 8.71. The summed E-state index contributed by atoms with van der Waals surface area (Å²) in [6.07, 6.45) is -0.391. The zero-order valence-corrected chi connectivity index (χ0v) is 20.6. The standard InChI is InChI=1S/C28H32N4O5/c29-17-22(33)18-30-28(36)23(16-19-9-10-20-5-1-2-6-21(20)15-19)31-26(34)11-13-32-24-7-3-4-8-25(24)37-14-12-27(32)35/h1-10,15,22-23,33H,11-14,16-18,29H2,(H,30,36)(H,31,34)/t22?,23-/m1/s1. The van der Waals surface area contributed by atoms with E-state index in [1.165, 1.54) is 0 Å². The van der Waals surface area contributed by atoms with E-state index in [9.17, 15) is 19.5 Å². The molecule has 0 fully saturated rings. The third-order valence-electron chi connectivity index (χ3n) is 6.28. The molecule has 0 radical (unpaired) electrons. The number of nitrogens with zero attached hydrogens (tertiary/aromatic N) is 1. The molecular formula is C28H32N4O5. The summed E-state index contributed by atoms with van der Waals surface area (Å²) in [7, 11) is 0. The Hall–Kier alpha value is -3.95. The fraction of sp³-hybridized carbons (Fsp3) is 0.321. The number of benzene rings is 3. The Morgan fingerprint density at radius 2 is 1.81 bits per heavy atom. The van der Waals surface area contributed by atoms with Gasteiger partial charge in [0.2, 0.25) is 17.7 Å². The lowest BCUT2D eigenvalue weighted by Gasteiger charge is -2.23. The molecule has 0 saturated carbocycles. The van der Waals surface area contributed by atoms with Gasteiger partial charge in [-0.2, -0.15) is 0 Å². The summed E-state index contributed by atoms with van der Waals surface area (Å²) in [6, 6.07) is 20.1. The van der Waals surface area contributed by atoms with Gasteiger partial charge in [-0.3, -0.25) is 14.4 Å². The van der Waals surface area contributed by atoms with E-state index in [1.54, 1.807) is 17.0 Å². The molecule has 0 bridgehead atoms. The van der Waals surface area contributed by atoms with Crippen LogP contribution in [0.1, 0.15) is 18.4 Å². The summed E-state index contributed by atoms with van der Waals surface area (Å²) in [5.41, 5.74) is 6.95. The quantitative estimate of drug-likeness (QED) is 0.331. The lowest BCUT2D eigenvalue weighted by molar-refractivity contribution is -0.129. The number of carbonyl (C=O) groups excluding carboxylic acids is 3. The van der Waals surface area contributed by atoms with Crippen LogP contribution >= 0.6 is 0 Å². The van der Waals surface area contributed by atoms with Gasteiger partial charge in [0.1, 0.15) is 11.8 Å². The summed E-state index contributed by atoms with van der Waals surface area (Å²) in [5.74, 6) is -0.311. The Labute approximate surface area is 215 Å². The molecule has 1 aliphatic rings. The minimum absolute atomic E-state index is 0.00694. The first-order valence-electron chi connectivity index (χ1n) is 12.4. The van der Waals surface area contributed by atoms with E-state index in [-0.39, 0.29) is 57.3 Å². The van der Waals surface area contributed by atoms with Crippen molar-refractivity contribution in [2.45, 2.75) is 31.4 Å². The van der Waals surface area contributed by atoms with E-state index < -0.39 is 18.1 Å². The second kappa shape index (κ2) is 12.3. The van der Waals surface area contributed by atoms with Crippen molar-refractivity contribution in [3.8, 4) is 5.75 Å². The lowest BCUT2D eigenvalue weighted by Crippen LogP contribution is -2.50. The van der Waals surface area contributed by atoms with Gasteiger partial charge in [-0.15, -0.1) is 0 Å². The van der Waals surface area contributed by atoms with Crippen molar-refractivity contribution in [2.75, 3.05) is 31.1 Å². The molecule has 3 aromatic rings. The topological polar surface area (TPSA) is 134 Å². The Morgan fingerprint density at radius 3 is 2.62 bits per heavy atom. The summed E-state index contributed by atoms with van der Waals surface area (Å²) >= 11 is 0. The predicted octanol–water partition coefficient (Wildman–Crippen LogP) is 1.51. The lowest BCUT2D eigenvalue weighted by atomic mass is 10.0. The number of para-hydroxylation sites is 2. The molecule has 194 valence electrons. The van der Waals surface area contributed by atoms with Crippen LogP contribution in [0.5, 0.6) is 5.75 Å². The van der Waals surface area contributed by atoms with Crippen LogP contribution in [0.15, 0.2) is 66.7 Å². The van der Waals surface area contributed by atoms with E-state index in [4.69, 9.17) is 10.5 Å². The molecule has 9 nitrogen and oxygen atoms in total. The monoisotopic (exact) mass is 504 g/mol. The van der Waals surface area contributed by atoms with Crippen LogP contribution in [0.2, 0.25) is 0 Å². The number of rotatable bonds is 10. The van der Waals surface area contributed by atoms with Crippen LogP contribution in [0.25, 0.3) is 10.8 Å². The highest BCUT2D eigenvalue weighted by atomic mass is 16.5. The normalized spacial score (nSPS) is 14.8. The maximum absolute atomic E-state index is 13.0. The number of hydrogen-bond donors (Lipinski definition) is 4. The summed E-state index contributed by atoms with van der Waals surface area (Å²) in [5, 5.41) is 17.4. The molecule has 0 aromatic heterocycles. The van der Waals surface area contributed by atoms with Gasteiger partial charge in [0.15, 0.2) is 0 Å². The van der Waals surface area contributed by atoms with Gasteiger partial charge < -0.3 is 31.1 Å². The molecule has 1 unspecified atom stereocenters. The van der Waals surface area contributed by atoms with Gasteiger partial charge in [0.25, 0.3) is 0 Å². The van der Waals surface area contributed by atoms with Crippen molar-refractivity contribution in [3.05, 3.63) is 72.3 Å². The highest BCUT2D eigenvalue weighted by Crippen LogP contribution is 2.31. The van der Waals surface area contributed by atoms with E-state index in [2.05, 4.69) is 10.6 Å². The molecular weight excluding hydrogens is 472 g/mol. The fourth-order valence-electron chi connectivity index (χ4n) is 4.28. The molecule has 1 aliphatic heterocycles. The molecule has 0 spiro atoms. The SMILES string of the molecule is NCC(O)CNC(=O)[C@@H](Cc1ccc2ccccc2c1)NC(=O)CCN1C(=O)CCOc2ccccc21. The van der Waals surface area contributed by atoms with E-state index >= 15 is 0 Å². The van der Waals surface area contributed by atoms with Crippen LogP contribution < -0.4 is 26.0 Å². The van der Waals surface area contributed by atoms with Crippen molar-refractivity contribution in [1.82, 2.24) is 10.6 Å². The number of nitrogens with one attached hydrogen (secondary N) is 2. The number of nitrogens with two attached hydrogens (primary N) is 1. The predicted molar refractivity (Wildman–Crippen MR) is 141 cm³/mol. The van der Waals surface area contributed by atoms with Crippen molar-refractivity contribution in [2.24, 2.45) is 5.73 Å². The first kappa shape index (κ1) is 26.1. The molecule has 3 aromatic carbocycles. The molecule has 2 atom stereocenters. The molecule has 0 saturated heterocycles. The number of carbonyl (C=O) groups is 3. The van der Waals surface area contributed by atoms with Gasteiger partial charge in [-0.05, 0) is 28.5 Å². The number of fused-ring (bicyclic) bond motifs is 2. The molecule has 4 rings (SSSR count). The number of amides is 3. The van der Waals surface area contributed by atoms with Crippen LogP contribution in [0.4, 0.5) is 5.69 Å². The summed E-state index contributed by atoms with van der Waals surface area (Å²) in [6.45, 7) is 0.429. The van der Waals surface area contributed by atoms with Gasteiger partial charge in [0.05, 0.1) is 24.8 Å². The van der Waals surface area contributed by atoms with E-state index in [1.807, 2.05) is 54.6 Å². The zero-order chi connectivity index (χ0) is 26.2. The van der Waals surface area contributed by atoms with E-state index in [0.717, 1.165) is 16.3 Å². The summed E-state index contributed by atoms with van der Waals surface area (Å²) in [4.78, 5) is 40.2. The van der Waals surface area contributed by atoms with Crippen LogP contribution in [-0.2, 0) is 20.8 Å². The second-order valence-corrected chi connectivity index (χ2v) is 9.00. The van der Waals surface area contributed by atoms with Gasteiger partial charge in [-0.25, -0.2) is 0 Å². The minimum atomic E-state index is -0.877. The number of aliphatic hydroxyl groups excluding tert-OH is 1. The van der Waals surface area contributed by atoms with Crippen molar-refractivity contribution >= 4 is 34.2 Å². The van der Waals surface area contributed by atoms with Crippen molar-refractivity contribution in [3.63, 3.8) is 0 Å². The van der Waals surface area contributed by atoms with Crippen LogP contribution in [-0.4, -0.2) is 61.2 Å². The average Bonchev–Trinajstić information content (AvgIpc) is 3.07. The number of anilines is 1. The second-order valence-electron chi connectivity index (χ2n) is 9.00. The maximum atomic E-state index is 13.0. The first-order chi connectivity index (χ1) is 17.9. The smallest absolute Gasteiger partial charge is 0.243 e. The maximum Gasteiger partial charge on any atom is 0.243 e. The Morgan fingerprint density at radius 1 is 1.05 bits per heavy atom. The van der Waals surface area contributed by atoms with Crippen LogP contribution in [0.3, 0.4) is 0 Å². The molecule has 0 aliphatic carbocycles. The molecule has 1 heterocycles. The highest BCUT2D eigenvalue weighted by molar-refractivity contribution is 5.96. The Bertz CT molecular complexity index is 1260. The molecule has 9 heteroatoms. The fourth-order valence-corrected chi connectivity index (χ4v) is 4.28. The van der Waals surface area contributed by atoms with Crippen LogP contribution in [0, 0.1) is 0 Å². The van der Waals surface area contributed by atoms with Gasteiger partial charge in [0, 0.05) is 32.5 Å². The average molecular weight is 505 g/mol. The number of hydrogen-bond acceptors (Lipinski definition) is 6. The van der Waals surface area contributed by atoms with Crippen molar-refractivity contribution in [1.29, 1.82) is 0 Å². The minimum Gasteiger partial charge on any atom is -0.491 e. The molecule has 3 amide bonds.